The lowest BCUT2D eigenvalue weighted by molar-refractivity contribution is -0.0737. The van der Waals surface area contributed by atoms with Crippen molar-refractivity contribution in [1.82, 2.24) is 15.3 Å². The summed E-state index contributed by atoms with van der Waals surface area (Å²) in [7, 11) is 0. The van der Waals surface area contributed by atoms with Gasteiger partial charge in [0.25, 0.3) is 0 Å². The van der Waals surface area contributed by atoms with Crippen molar-refractivity contribution in [3.05, 3.63) is 41.6 Å². The average Bonchev–Trinajstić information content (AvgIpc) is 2.90. The highest BCUT2D eigenvalue weighted by atomic mass is 16.3. The van der Waals surface area contributed by atoms with Crippen LogP contribution in [-0.4, -0.2) is 44.9 Å². The van der Waals surface area contributed by atoms with Gasteiger partial charge in [0, 0.05) is 30.7 Å². The number of nitriles is 1. The summed E-state index contributed by atoms with van der Waals surface area (Å²) >= 11 is 0. The minimum Gasteiger partial charge on any atom is -0.508 e. The Bertz CT molecular complexity index is 1140. The van der Waals surface area contributed by atoms with Crippen LogP contribution in [0.4, 0.5) is 11.8 Å². The number of benzene rings is 1. The minimum atomic E-state index is -0.104. The number of hydrogen-bond donors (Lipinski definition) is 5. The molecule has 5 aliphatic carbocycles. The van der Waals surface area contributed by atoms with E-state index in [-0.39, 0.29) is 17.3 Å². The topological polar surface area (TPSA) is 126 Å². The maximum absolute atomic E-state index is 10.0. The van der Waals surface area contributed by atoms with Gasteiger partial charge in [-0.05, 0) is 87.0 Å². The highest BCUT2D eigenvalue weighted by Crippen LogP contribution is 2.60. The number of aromatic hydroxyl groups is 1. The van der Waals surface area contributed by atoms with E-state index in [2.05, 4.69) is 32.0 Å². The second kappa shape index (κ2) is 10.1. The number of hydrogen-bond acceptors (Lipinski definition) is 8. The number of aliphatic hydroxyl groups excluding tert-OH is 1. The van der Waals surface area contributed by atoms with Gasteiger partial charge in [0.1, 0.15) is 23.2 Å². The molecule has 1 aromatic heterocycles. The van der Waals surface area contributed by atoms with Crippen molar-refractivity contribution in [2.24, 2.45) is 23.2 Å². The van der Waals surface area contributed by atoms with Gasteiger partial charge in [-0.1, -0.05) is 18.2 Å². The maximum atomic E-state index is 10.0. The SMILES string of the molecule is N#Cc1cnc(NCc2ccccc2O)nc1NC[C@@]12CC3C[C@H](C1)C(N[C@H]1CC[C@H](O)CC1)[C@@H](C3)C2. The molecular weight excluding hydrogens is 464 g/mol. The number of nitrogens with one attached hydrogen (secondary N) is 3. The number of aromatic nitrogens is 2. The second-order valence-corrected chi connectivity index (χ2v) is 12.1. The van der Waals surface area contributed by atoms with E-state index in [0.29, 0.717) is 36.0 Å². The maximum Gasteiger partial charge on any atom is 0.224 e. The molecule has 7 rings (SSSR count). The van der Waals surface area contributed by atoms with E-state index >= 15 is 0 Å². The van der Waals surface area contributed by atoms with E-state index in [0.717, 1.165) is 55.5 Å². The molecule has 4 bridgehead atoms. The van der Waals surface area contributed by atoms with Crippen molar-refractivity contribution in [3.63, 3.8) is 0 Å². The third kappa shape index (κ3) is 5.12. The van der Waals surface area contributed by atoms with Gasteiger partial charge in [-0.25, -0.2) is 4.98 Å². The number of phenols is 1. The van der Waals surface area contributed by atoms with Crippen molar-refractivity contribution in [1.29, 1.82) is 5.26 Å². The van der Waals surface area contributed by atoms with E-state index in [1.54, 1.807) is 18.3 Å². The summed E-state index contributed by atoms with van der Waals surface area (Å²) in [5.41, 5.74) is 1.49. The monoisotopic (exact) mass is 502 g/mol. The number of rotatable bonds is 8. The molecule has 196 valence electrons. The average molecular weight is 503 g/mol. The molecule has 1 aromatic carbocycles. The van der Waals surface area contributed by atoms with Crippen molar-refractivity contribution in [2.75, 3.05) is 17.2 Å². The van der Waals surface area contributed by atoms with Crippen LogP contribution in [0.5, 0.6) is 5.75 Å². The zero-order valence-electron chi connectivity index (χ0n) is 21.4. The van der Waals surface area contributed by atoms with E-state index < -0.39 is 0 Å². The Balaban J connectivity index is 1.11. The van der Waals surface area contributed by atoms with Crippen molar-refractivity contribution >= 4 is 11.8 Å². The molecule has 1 heterocycles. The fourth-order valence-corrected chi connectivity index (χ4v) is 7.99. The molecule has 5 N–H and O–H groups in total. The predicted octanol–water partition coefficient (Wildman–Crippen LogP) is 4.17. The van der Waals surface area contributed by atoms with Crippen LogP contribution in [0.2, 0.25) is 0 Å². The Labute approximate surface area is 218 Å². The van der Waals surface area contributed by atoms with E-state index in [4.69, 9.17) is 0 Å². The summed E-state index contributed by atoms with van der Waals surface area (Å²) in [6.07, 6.45) is 11.9. The highest BCUT2D eigenvalue weighted by Gasteiger charge is 2.55. The van der Waals surface area contributed by atoms with Gasteiger partial charge in [0.05, 0.1) is 12.3 Å². The molecule has 0 aliphatic heterocycles. The van der Waals surface area contributed by atoms with E-state index in [9.17, 15) is 15.5 Å². The van der Waals surface area contributed by atoms with Crippen LogP contribution in [0, 0.1) is 34.5 Å². The number of aliphatic hydroxyl groups is 1. The Morgan fingerprint density at radius 1 is 1.03 bits per heavy atom. The van der Waals surface area contributed by atoms with Crippen LogP contribution in [0.25, 0.3) is 0 Å². The van der Waals surface area contributed by atoms with Crippen LogP contribution in [0.3, 0.4) is 0 Å². The van der Waals surface area contributed by atoms with Crippen LogP contribution in [0.15, 0.2) is 30.5 Å². The first-order valence-corrected chi connectivity index (χ1v) is 14.0. The van der Waals surface area contributed by atoms with Gasteiger partial charge in [0.2, 0.25) is 5.95 Å². The third-order valence-electron chi connectivity index (χ3n) is 9.49. The molecule has 8 nitrogen and oxygen atoms in total. The number of phenolic OH excluding ortho intramolecular Hbond substituents is 1. The molecule has 8 heteroatoms. The lowest BCUT2D eigenvalue weighted by Gasteiger charge is -2.61. The lowest BCUT2D eigenvalue weighted by Crippen LogP contribution is -2.61. The number of anilines is 2. The summed E-state index contributed by atoms with van der Waals surface area (Å²) < 4.78 is 0. The molecule has 0 saturated heterocycles. The Morgan fingerprint density at radius 2 is 1.78 bits per heavy atom. The van der Waals surface area contributed by atoms with Crippen LogP contribution < -0.4 is 16.0 Å². The standard InChI is InChI=1S/C29H38N6O2/c30-14-22-16-32-28(31-15-19-3-1-2-4-25(19)37)35-27(22)33-17-29-11-18-9-20(12-29)26(21(10-18)13-29)34-23-5-7-24(36)8-6-23/h1-4,16,18,20-21,23-24,26,34,36-37H,5-13,15,17H2,(H2,31,32,33,35)/t18?,20-,21+,23-,24-,26?,29+. The smallest absolute Gasteiger partial charge is 0.224 e. The molecule has 5 saturated carbocycles. The summed E-state index contributed by atoms with van der Waals surface area (Å²) in [4.78, 5) is 8.94. The van der Waals surface area contributed by atoms with Crippen molar-refractivity contribution in [3.8, 4) is 11.8 Å². The highest BCUT2D eigenvalue weighted by molar-refractivity contribution is 5.53. The minimum absolute atomic E-state index is 0.104. The molecular formula is C29H38N6O2. The second-order valence-electron chi connectivity index (χ2n) is 12.1. The number of para-hydroxylation sites is 1. The van der Waals surface area contributed by atoms with Crippen LogP contribution in [-0.2, 0) is 6.54 Å². The number of nitrogens with zero attached hydrogens (tertiary/aromatic N) is 3. The molecule has 0 amide bonds. The van der Waals surface area contributed by atoms with Gasteiger partial charge < -0.3 is 26.2 Å². The zero-order valence-corrected chi connectivity index (χ0v) is 21.4. The summed E-state index contributed by atoms with van der Waals surface area (Å²) in [6, 6.07) is 10.6. The zero-order chi connectivity index (χ0) is 25.4. The summed E-state index contributed by atoms with van der Waals surface area (Å²) in [5, 5.41) is 40.4. The van der Waals surface area contributed by atoms with Gasteiger partial charge in [-0.3, -0.25) is 0 Å². The molecule has 2 unspecified atom stereocenters. The Hall–Kier alpha value is -2.89. The quantitative estimate of drug-likeness (QED) is 0.364. The Morgan fingerprint density at radius 3 is 2.51 bits per heavy atom. The Kier molecular flexibility index (Phi) is 6.68. The van der Waals surface area contributed by atoms with Crippen molar-refractivity contribution in [2.45, 2.75) is 82.5 Å². The van der Waals surface area contributed by atoms with Gasteiger partial charge in [0.15, 0.2) is 0 Å². The van der Waals surface area contributed by atoms with Gasteiger partial charge in [-0.15, -0.1) is 0 Å². The fourth-order valence-electron chi connectivity index (χ4n) is 7.99. The van der Waals surface area contributed by atoms with E-state index in [1.807, 2.05) is 12.1 Å². The molecule has 5 atom stereocenters. The molecule has 37 heavy (non-hydrogen) atoms. The first kappa shape index (κ1) is 24.4. The lowest BCUT2D eigenvalue weighted by atomic mass is 9.47. The largest absolute Gasteiger partial charge is 0.508 e. The van der Waals surface area contributed by atoms with Crippen molar-refractivity contribution < 1.29 is 10.2 Å². The van der Waals surface area contributed by atoms with Gasteiger partial charge in [-0.2, -0.15) is 10.2 Å². The van der Waals surface area contributed by atoms with Gasteiger partial charge >= 0.3 is 0 Å². The molecule has 2 aromatic rings. The third-order valence-corrected chi connectivity index (χ3v) is 9.49. The first-order chi connectivity index (χ1) is 18.0. The normalized spacial score (nSPS) is 34.2. The summed E-state index contributed by atoms with van der Waals surface area (Å²) in [6.45, 7) is 1.24. The fraction of sp³-hybridized carbons (Fsp3) is 0.621. The molecule has 5 fully saturated rings. The molecule has 0 radical (unpaired) electrons. The molecule has 0 spiro atoms. The van der Waals surface area contributed by atoms with Crippen LogP contribution >= 0.6 is 0 Å². The van der Waals surface area contributed by atoms with E-state index in [1.165, 1.54) is 32.1 Å². The van der Waals surface area contributed by atoms with Crippen LogP contribution in [0.1, 0.15) is 68.9 Å². The first-order valence-electron chi connectivity index (χ1n) is 14.0. The summed E-state index contributed by atoms with van der Waals surface area (Å²) in [5.74, 6) is 3.51. The predicted molar refractivity (Wildman–Crippen MR) is 142 cm³/mol. The molecule has 5 aliphatic rings.